The molecule has 2 fully saturated rings. The van der Waals surface area contributed by atoms with E-state index in [4.69, 9.17) is 5.26 Å². The van der Waals surface area contributed by atoms with E-state index in [0.717, 1.165) is 12.0 Å². The highest BCUT2D eigenvalue weighted by Gasteiger charge is 2.59. The zero-order valence-electron chi connectivity index (χ0n) is 11.4. The number of imide groups is 1. The lowest BCUT2D eigenvalue weighted by Gasteiger charge is -2.17. The number of benzene rings is 1. The number of amides is 2. The molecule has 21 heavy (non-hydrogen) atoms. The Bertz CT molecular complexity index is 668. The van der Waals surface area contributed by atoms with E-state index in [1.54, 1.807) is 24.3 Å². The molecule has 1 aromatic rings. The van der Waals surface area contributed by atoms with Gasteiger partial charge in [0.25, 0.3) is 0 Å². The minimum Gasteiger partial charge on any atom is -0.278 e. The lowest BCUT2D eigenvalue weighted by molar-refractivity contribution is -0.141. The van der Waals surface area contributed by atoms with Crippen molar-refractivity contribution in [2.75, 3.05) is 0 Å². The topological polar surface area (TPSA) is 61.2 Å². The fourth-order valence-corrected chi connectivity index (χ4v) is 3.99. The van der Waals surface area contributed by atoms with E-state index in [9.17, 15) is 9.59 Å². The zero-order chi connectivity index (χ0) is 14.6. The van der Waals surface area contributed by atoms with Gasteiger partial charge < -0.3 is 0 Å². The lowest BCUT2D eigenvalue weighted by atomic mass is 9.85. The highest BCUT2D eigenvalue weighted by Crippen LogP contribution is 2.52. The van der Waals surface area contributed by atoms with Crippen LogP contribution in [0.4, 0.5) is 0 Å². The maximum atomic E-state index is 12.5. The first-order valence-corrected chi connectivity index (χ1v) is 7.21. The van der Waals surface area contributed by atoms with Crippen molar-refractivity contribution in [3.8, 4) is 6.07 Å². The normalized spacial score (nSPS) is 32.6. The number of nitriles is 1. The molecule has 104 valence electrons. The minimum atomic E-state index is -0.133. The first-order valence-electron chi connectivity index (χ1n) is 7.21. The predicted molar refractivity (Wildman–Crippen MR) is 74.4 cm³/mol. The van der Waals surface area contributed by atoms with Crippen molar-refractivity contribution in [2.24, 2.45) is 23.7 Å². The Morgan fingerprint density at radius 3 is 2.14 bits per heavy atom. The van der Waals surface area contributed by atoms with Crippen molar-refractivity contribution in [3.63, 3.8) is 0 Å². The smallest absolute Gasteiger partial charge is 0.234 e. The number of hydrogen-bond acceptors (Lipinski definition) is 3. The Hall–Kier alpha value is -2.41. The third-order valence-corrected chi connectivity index (χ3v) is 4.99. The van der Waals surface area contributed by atoms with Gasteiger partial charge in [-0.1, -0.05) is 24.3 Å². The summed E-state index contributed by atoms with van der Waals surface area (Å²) in [5.41, 5.74) is 1.47. The second kappa shape index (κ2) is 4.29. The summed E-state index contributed by atoms with van der Waals surface area (Å²) in [6.45, 7) is 0.315. The average Bonchev–Trinajstić information content (AvgIpc) is 3.18. The van der Waals surface area contributed by atoms with Crippen molar-refractivity contribution in [1.29, 1.82) is 5.26 Å². The lowest BCUT2D eigenvalue weighted by Crippen LogP contribution is -2.32. The van der Waals surface area contributed by atoms with Crippen LogP contribution >= 0.6 is 0 Å². The number of fused-ring (bicyclic) bond motifs is 5. The molecule has 3 aliphatic rings. The molecule has 1 saturated carbocycles. The molecule has 4 rings (SSSR count). The SMILES string of the molecule is N#Cc1ccc(CN2C(=O)[C@@H]3[C@@H](C2=O)[C@H]2C=C[C@H]3C2)cc1. The summed E-state index contributed by atoms with van der Waals surface area (Å²) in [5.74, 6) is 0.194. The van der Waals surface area contributed by atoms with Crippen LogP contribution in [-0.2, 0) is 16.1 Å². The van der Waals surface area contributed by atoms with Gasteiger partial charge in [-0.3, -0.25) is 14.5 Å². The summed E-state index contributed by atoms with van der Waals surface area (Å²) in [6, 6.07) is 9.10. The van der Waals surface area contributed by atoms with Crippen LogP contribution in [0.5, 0.6) is 0 Å². The van der Waals surface area contributed by atoms with Gasteiger partial charge in [0.15, 0.2) is 0 Å². The maximum Gasteiger partial charge on any atom is 0.234 e. The van der Waals surface area contributed by atoms with Crippen LogP contribution in [0.15, 0.2) is 36.4 Å². The van der Waals surface area contributed by atoms with Gasteiger partial charge in [0.1, 0.15) is 0 Å². The molecule has 0 N–H and O–H groups in total. The van der Waals surface area contributed by atoms with Crippen LogP contribution < -0.4 is 0 Å². The van der Waals surface area contributed by atoms with Crippen molar-refractivity contribution < 1.29 is 9.59 Å². The standard InChI is InChI=1S/C17H14N2O2/c18-8-10-1-3-11(4-2-10)9-19-16(20)14-12-5-6-13(7-12)15(14)17(19)21/h1-6,12-15H,7,9H2/t12-,13-,14-,15-/m0/s1. The molecule has 0 radical (unpaired) electrons. The average molecular weight is 278 g/mol. The predicted octanol–water partition coefficient (Wildman–Crippen LogP) is 1.87. The molecular formula is C17H14N2O2. The fourth-order valence-electron chi connectivity index (χ4n) is 3.99. The summed E-state index contributed by atoms with van der Waals surface area (Å²) >= 11 is 0. The van der Waals surface area contributed by atoms with Crippen molar-refractivity contribution in [2.45, 2.75) is 13.0 Å². The Balaban J connectivity index is 1.58. The van der Waals surface area contributed by atoms with E-state index in [1.165, 1.54) is 4.90 Å². The third-order valence-electron chi connectivity index (χ3n) is 4.99. The molecule has 0 spiro atoms. The number of carbonyl (C=O) groups excluding carboxylic acids is 2. The summed E-state index contributed by atoms with van der Waals surface area (Å²) in [6.07, 6.45) is 5.15. The molecule has 1 saturated heterocycles. The van der Waals surface area contributed by atoms with Gasteiger partial charge in [0.05, 0.1) is 30.0 Å². The molecule has 2 aliphatic carbocycles. The van der Waals surface area contributed by atoms with E-state index >= 15 is 0 Å². The van der Waals surface area contributed by atoms with E-state index in [0.29, 0.717) is 12.1 Å². The molecule has 4 atom stereocenters. The first kappa shape index (κ1) is 12.3. The molecule has 1 aliphatic heterocycles. The Morgan fingerprint density at radius 2 is 1.62 bits per heavy atom. The van der Waals surface area contributed by atoms with Crippen LogP contribution in [0.25, 0.3) is 0 Å². The second-order valence-electron chi connectivity index (χ2n) is 6.07. The quantitative estimate of drug-likeness (QED) is 0.613. The van der Waals surface area contributed by atoms with Crippen LogP contribution in [0.2, 0.25) is 0 Å². The molecule has 2 bridgehead atoms. The highest BCUT2D eigenvalue weighted by molar-refractivity contribution is 6.06. The number of allylic oxidation sites excluding steroid dienone is 2. The maximum absolute atomic E-state index is 12.5. The van der Waals surface area contributed by atoms with Crippen molar-refractivity contribution in [1.82, 2.24) is 4.90 Å². The van der Waals surface area contributed by atoms with Gasteiger partial charge in [0.2, 0.25) is 11.8 Å². The number of nitrogens with zero attached hydrogens (tertiary/aromatic N) is 2. The molecule has 1 heterocycles. The van der Waals surface area contributed by atoms with E-state index in [1.807, 2.05) is 0 Å². The van der Waals surface area contributed by atoms with Gasteiger partial charge in [-0.25, -0.2) is 0 Å². The first-order chi connectivity index (χ1) is 10.2. The fraction of sp³-hybridized carbons (Fsp3) is 0.353. The van der Waals surface area contributed by atoms with Gasteiger partial charge in [0, 0.05) is 0 Å². The Kier molecular flexibility index (Phi) is 2.52. The molecule has 4 nitrogen and oxygen atoms in total. The van der Waals surface area contributed by atoms with E-state index in [2.05, 4.69) is 18.2 Å². The van der Waals surface area contributed by atoms with E-state index in [-0.39, 0.29) is 35.5 Å². The molecule has 0 unspecified atom stereocenters. The van der Waals surface area contributed by atoms with Crippen LogP contribution in [0.3, 0.4) is 0 Å². The molecule has 1 aromatic carbocycles. The number of rotatable bonds is 2. The summed E-state index contributed by atoms with van der Waals surface area (Å²) in [4.78, 5) is 26.5. The summed E-state index contributed by atoms with van der Waals surface area (Å²) in [7, 11) is 0. The van der Waals surface area contributed by atoms with E-state index < -0.39 is 0 Å². The molecule has 0 aromatic heterocycles. The largest absolute Gasteiger partial charge is 0.278 e. The zero-order valence-corrected chi connectivity index (χ0v) is 11.4. The molecular weight excluding hydrogens is 264 g/mol. The Morgan fingerprint density at radius 1 is 1.05 bits per heavy atom. The summed E-state index contributed by atoms with van der Waals surface area (Å²) < 4.78 is 0. The monoisotopic (exact) mass is 278 g/mol. The van der Waals surface area contributed by atoms with Crippen LogP contribution in [-0.4, -0.2) is 16.7 Å². The summed E-state index contributed by atoms with van der Waals surface area (Å²) in [5, 5.41) is 8.80. The number of likely N-dealkylation sites (tertiary alicyclic amines) is 1. The number of hydrogen-bond donors (Lipinski definition) is 0. The second-order valence-corrected chi connectivity index (χ2v) is 6.07. The highest BCUT2D eigenvalue weighted by atomic mass is 16.2. The minimum absolute atomic E-state index is 0.0220. The molecule has 4 heteroatoms. The van der Waals surface area contributed by atoms with Gasteiger partial charge in [-0.2, -0.15) is 5.26 Å². The van der Waals surface area contributed by atoms with Crippen molar-refractivity contribution in [3.05, 3.63) is 47.5 Å². The van der Waals surface area contributed by atoms with Gasteiger partial charge in [-0.05, 0) is 36.0 Å². The van der Waals surface area contributed by atoms with Crippen molar-refractivity contribution >= 4 is 11.8 Å². The van der Waals surface area contributed by atoms with Crippen LogP contribution in [0, 0.1) is 35.0 Å². The molecule has 2 amide bonds. The van der Waals surface area contributed by atoms with Crippen LogP contribution in [0.1, 0.15) is 17.5 Å². The van der Waals surface area contributed by atoms with Gasteiger partial charge in [-0.15, -0.1) is 0 Å². The number of carbonyl (C=O) groups is 2. The van der Waals surface area contributed by atoms with Gasteiger partial charge >= 0.3 is 0 Å². The third kappa shape index (κ3) is 1.67. The Labute approximate surface area is 122 Å².